The number of nitrogens with one attached hydrogen (secondary N) is 3. The number of urea groups is 1. The zero-order chi connectivity index (χ0) is 15.4. The Hall–Kier alpha value is -2.82. The summed E-state index contributed by atoms with van der Waals surface area (Å²) in [5.74, 6) is 0.822. The number of H-pyrrole nitrogens is 1. The molecule has 0 atom stereocenters. The predicted octanol–water partition coefficient (Wildman–Crippen LogP) is 3.76. The van der Waals surface area contributed by atoms with E-state index in [-0.39, 0.29) is 6.03 Å². The van der Waals surface area contributed by atoms with Gasteiger partial charge in [-0.25, -0.2) is 9.78 Å². The van der Waals surface area contributed by atoms with Crippen molar-refractivity contribution in [3.63, 3.8) is 0 Å². The van der Waals surface area contributed by atoms with E-state index in [4.69, 9.17) is 0 Å². The Bertz CT molecular complexity index is 780. The molecule has 2 aromatic carbocycles. The van der Waals surface area contributed by atoms with Gasteiger partial charge in [-0.3, -0.25) is 0 Å². The van der Waals surface area contributed by atoms with Crippen molar-refractivity contribution in [2.75, 3.05) is 11.9 Å². The number of imidazole rings is 1. The highest BCUT2D eigenvalue weighted by Crippen LogP contribution is 2.22. The van der Waals surface area contributed by atoms with Crippen LogP contribution in [0.25, 0.3) is 22.4 Å². The van der Waals surface area contributed by atoms with E-state index < -0.39 is 0 Å². The van der Waals surface area contributed by atoms with Crippen LogP contribution in [-0.2, 0) is 0 Å². The Morgan fingerprint density at radius 3 is 2.77 bits per heavy atom. The van der Waals surface area contributed by atoms with Gasteiger partial charge in [-0.15, -0.1) is 0 Å². The Morgan fingerprint density at radius 1 is 1.18 bits per heavy atom. The second kappa shape index (κ2) is 6.30. The van der Waals surface area contributed by atoms with Gasteiger partial charge in [-0.2, -0.15) is 0 Å². The fourth-order valence-electron chi connectivity index (χ4n) is 2.23. The van der Waals surface area contributed by atoms with E-state index in [1.165, 1.54) is 0 Å². The number of rotatable bonds is 4. The highest BCUT2D eigenvalue weighted by Gasteiger charge is 2.07. The Kier molecular flexibility index (Phi) is 4.05. The molecule has 5 nitrogen and oxygen atoms in total. The van der Waals surface area contributed by atoms with Crippen LogP contribution >= 0.6 is 0 Å². The molecule has 3 aromatic rings. The van der Waals surface area contributed by atoms with Crippen molar-refractivity contribution >= 4 is 22.8 Å². The maximum Gasteiger partial charge on any atom is 0.319 e. The number of fused-ring (bicyclic) bond motifs is 1. The van der Waals surface area contributed by atoms with Crippen LogP contribution in [0.5, 0.6) is 0 Å². The van der Waals surface area contributed by atoms with Gasteiger partial charge >= 0.3 is 6.03 Å². The molecule has 2 amide bonds. The van der Waals surface area contributed by atoms with Gasteiger partial charge in [0.25, 0.3) is 0 Å². The normalized spacial score (nSPS) is 10.6. The van der Waals surface area contributed by atoms with Crippen LogP contribution in [0.4, 0.5) is 10.5 Å². The van der Waals surface area contributed by atoms with Crippen molar-refractivity contribution < 1.29 is 4.79 Å². The van der Waals surface area contributed by atoms with Gasteiger partial charge in [0.2, 0.25) is 0 Å². The van der Waals surface area contributed by atoms with Crippen molar-refractivity contribution in [2.45, 2.75) is 13.3 Å². The van der Waals surface area contributed by atoms with Gasteiger partial charge in [0.1, 0.15) is 5.82 Å². The SMILES string of the molecule is CCCNC(=O)Nc1ccc2nc(-c3ccccc3)[nH]c2c1. The fraction of sp³-hybridized carbons (Fsp3) is 0.176. The second-order valence-corrected chi connectivity index (χ2v) is 5.06. The molecule has 0 saturated heterocycles. The summed E-state index contributed by atoms with van der Waals surface area (Å²) >= 11 is 0. The average molecular weight is 294 g/mol. The minimum atomic E-state index is -0.191. The number of aromatic nitrogens is 2. The monoisotopic (exact) mass is 294 g/mol. The molecule has 0 spiro atoms. The van der Waals surface area contributed by atoms with Crippen molar-refractivity contribution in [1.29, 1.82) is 0 Å². The lowest BCUT2D eigenvalue weighted by Gasteiger charge is -2.06. The zero-order valence-corrected chi connectivity index (χ0v) is 12.4. The molecule has 0 radical (unpaired) electrons. The zero-order valence-electron chi connectivity index (χ0n) is 12.4. The summed E-state index contributed by atoms with van der Waals surface area (Å²) in [6, 6.07) is 15.4. The summed E-state index contributed by atoms with van der Waals surface area (Å²) in [6.45, 7) is 2.68. The summed E-state index contributed by atoms with van der Waals surface area (Å²) in [5.41, 5.74) is 3.55. The van der Waals surface area contributed by atoms with E-state index in [9.17, 15) is 4.79 Å². The van der Waals surface area contributed by atoms with Crippen molar-refractivity contribution in [2.24, 2.45) is 0 Å². The first-order valence-electron chi connectivity index (χ1n) is 7.36. The first-order valence-corrected chi connectivity index (χ1v) is 7.36. The molecule has 0 aliphatic heterocycles. The van der Waals surface area contributed by atoms with E-state index in [1.807, 2.05) is 55.5 Å². The summed E-state index contributed by atoms with van der Waals surface area (Å²) in [4.78, 5) is 19.5. The molecule has 3 rings (SSSR count). The molecule has 5 heteroatoms. The van der Waals surface area contributed by atoms with Crippen molar-refractivity contribution in [3.8, 4) is 11.4 Å². The third-order valence-electron chi connectivity index (χ3n) is 3.32. The average Bonchev–Trinajstić information content (AvgIpc) is 2.97. The van der Waals surface area contributed by atoms with Crippen LogP contribution in [0.3, 0.4) is 0 Å². The Morgan fingerprint density at radius 2 is 2.00 bits per heavy atom. The van der Waals surface area contributed by atoms with E-state index in [2.05, 4.69) is 20.6 Å². The lowest BCUT2D eigenvalue weighted by molar-refractivity contribution is 0.252. The molecular weight excluding hydrogens is 276 g/mol. The summed E-state index contributed by atoms with van der Waals surface area (Å²) < 4.78 is 0. The van der Waals surface area contributed by atoms with E-state index >= 15 is 0 Å². The van der Waals surface area contributed by atoms with Crippen LogP contribution in [0.2, 0.25) is 0 Å². The van der Waals surface area contributed by atoms with E-state index in [0.29, 0.717) is 6.54 Å². The number of anilines is 1. The maximum atomic E-state index is 11.7. The third kappa shape index (κ3) is 3.09. The molecule has 0 fully saturated rings. The molecule has 1 heterocycles. The lowest BCUT2D eigenvalue weighted by Crippen LogP contribution is -2.29. The number of carbonyl (C=O) groups excluding carboxylic acids is 1. The van der Waals surface area contributed by atoms with Gasteiger partial charge in [-0.1, -0.05) is 37.3 Å². The third-order valence-corrected chi connectivity index (χ3v) is 3.32. The van der Waals surface area contributed by atoms with Gasteiger partial charge in [0.15, 0.2) is 0 Å². The fourth-order valence-corrected chi connectivity index (χ4v) is 2.23. The highest BCUT2D eigenvalue weighted by molar-refractivity contribution is 5.92. The minimum Gasteiger partial charge on any atom is -0.338 e. The largest absolute Gasteiger partial charge is 0.338 e. The Balaban J connectivity index is 1.83. The van der Waals surface area contributed by atoms with Crippen LogP contribution < -0.4 is 10.6 Å². The topological polar surface area (TPSA) is 69.8 Å². The molecule has 1 aromatic heterocycles. The quantitative estimate of drug-likeness (QED) is 0.685. The lowest BCUT2D eigenvalue weighted by atomic mass is 10.2. The number of nitrogens with zero attached hydrogens (tertiary/aromatic N) is 1. The molecular formula is C17H18N4O. The number of amides is 2. The van der Waals surface area contributed by atoms with Crippen LogP contribution in [0.1, 0.15) is 13.3 Å². The minimum absolute atomic E-state index is 0.191. The van der Waals surface area contributed by atoms with Crippen LogP contribution in [-0.4, -0.2) is 22.5 Å². The van der Waals surface area contributed by atoms with Crippen LogP contribution in [0, 0.1) is 0 Å². The van der Waals surface area contributed by atoms with Gasteiger partial charge in [0.05, 0.1) is 11.0 Å². The molecule has 0 aliphatic carbocycles. The number of hydrogen-bond acceptors (Lipinski definition) is 2. The van der Waals surface area contributed by atoms with Crippen molar-refractivity contribution in [1.82, 2.24) is 15.3 Å². The molecule has 0 unspecified atom stereocenters. The predicted molar refractivity (Wildman–Crippen MR) is 88.8 cm³/mol. The highest BCUT2D eigenvalue weighted by atomic mass is 16.2. The first-order chi connectivity index (χ1) is 10.8. The maximum absolute atomic E-state index is 11.7. The molecule has 22 heavy (non-hydrogen) atoms. The smallest absolute Gasteiger partial charge is 0.319 e. The number of benzene rings is 2. The van der Waals surface area contributed by atoms with Crippen molar-refractivity contribution in [3.05, 3.63) is 48.5 Å². The molecule has 112 valence electrons. The van der Waals surface area contributed by atoms with Gasteiger partial charge in [-0.05, 0) is 24.6 Å². The summed E-state index contributed by atoms with van der Waals surface area (Å²) in [6.07, 6.45) is 0.910. The molecule has 0 aliphatic rings. The summed E-state index contributed by atoms with van der Waals surface area (Å²) in [5, 5.41) is 5.60. The molecule has 0 saturated carbocycles. The van der Waals surface area contributed by atoms with E-state index in [0.717, 1.165) is 34.5 Å². The van der Waals surface area contributed by atoms with E-state index in [1.54, 1.807) is 0 Å². The summed E-state index contributed by atoms with van der Waals surface area (Å²) in [7, 11) is 0. The number of aromatic amines is 1. The number of hydrogen-bond donors (Lipinski definition) is 3. The number of carbonyl (C=O) groups is 1. The first kappa shape index (κ1) is 14.1. The molecule has 3 N–H and O–H groups in total. The standard InChI is InChI=1S/C17H18N4O/c1-2-10-18-17(22)19-13-8-9-14-15(11-13)21-16(20-14)12-6-4-3-5-7-12/h3-9,11H,2,10H2,1H3,(H,20,21)(H2,18,19,22). The van der Waals surface area contributed by atoms with Gasteiger partial charge in [0, 0.05) is 17.8 Å². The second-order valence-electron chi connectivity index (χ2n) is 5.06. The Labute approximate surface area is 128 Å². The van der Waals surface area contributed by atoms with Gasteiger partial charge < -0.3 is 15.6 Å². The molecule has 0 bridgehead atoms. The van der Waals surface area contributed by atoms with Crippen LogP contribution in [0.15, 0.2) is 48.5 Å².